The van der Waals surface area contributed by atoms with Crippen LogP contribution < -0.4 is 5.73 Å². The Labute approximate surface area is 78.0 Å². The summed E-state index contributed by atoms with van der Waals surface area (Å²) in [5.41, 5.74) is 7.28. The lowest BCUT2D eigenvalue weighted by molar-refractivity contribution is 0.451. The van der Waals surface area contributed by atoms with E-state index in [0.717, 1.165) is 24.7 Å². The molecule has 1 aromatic heterocycles. The number of aryl methyl sites for hydroxylation is 1. The molecule has 1 aromatic rings. The van der Waals surface area contributed by atoms with Gasteiger partial charge in [-0.15, -0.1) is 0 Å². The largest absolute Gasteiger partial charge is 0.333 e. The number of aromatic nitrogens is 2. The van der Waals surface area contributed by atoms with Crippen LogP contribution in [0.2, 0.25) is 0 Å². The summed E-state index contributed by atoms with van der Waals surface area (Å²) in [6.45, 7) is 1.11. The molecule has 0 bridgehead atoms. The van der Waals surface area contributed by atoms with Crippen LogP contribution in [-0.2, 0) is 6.54 Å². The van der Waals surface area contributed by atoms with Crippen molar-refractivity contribution in [2.24, 2.45) is 5.73 Å². The van der Waals surface area contributed by atoms with Gasteiger partial charge in [-0.2, -0.15) is 0 Å². The van der Waals surface area contributed by atoms with E-state index in [9.17, 15) is 0 Å². The first-order valence-electron chi connectivity index (χ1n) is 5.17. The maximum absolute atomic E-state index is 6.00. The van der Waals surface area contributed by atoms with Crippen molar-refractivity contribution in [3.05, 3.63) is 17.7 Å². The van der Waals surface area contributed by atoms with Crippen LogP contribution in [-0.4, -0.2) is 9.55 Å². The van der Waals surface area contributed by atoms with Gasteiger partial charge in [0, 0.05) is 18.7 Å². The maximum Gasteiger partial charge on any atom is 0.125 e. The van der Waals surface area contributed by atoms with Crippen LogP contribution in [0.15, 0.2) is 6.20 Å². The zero-order valence-corrected chi connectivity index (χ0v) is 7.74. The zero-order valence-electron chi connectivity index (χ0n) is 7.74. The van der Waals surface area contributed by atoms with Gasteiger partial charge in [-0.25, -0.2) is 4.98 Å². The van der Waals surface area contributed by atoms with E-state index >= 15 is 0 Å². The van der Waals surface area contributed by atoms with E-state index in [1.165, 1.54) is 25.0 Å². The Kier molecular flexibility index (Phi) is 1.50. The highest BCUT2D eigenvalue weighted by atomic mass is 15.1. The first kappa shape index (κ1) is 7.56. The van der Waals surface area contributed by atoms with Gasteiger partial charge in [-0.05, 0) is 25.7 Å². The molecule has 0 radical (unpaired) electrons. The minimum absolute atomic E-state index is 0.182. The number of hydrogen-bond donors (Lipinski definition) is 1. The van der Waals surface area contributed by atoms with Crippen molar-refractivity contribution >= 4 is 0 Å². The molecule has 13 heavy (non-hydrogen) atoms. The summed E-state index contributed by atoms with van der Waals surface area (Å²) in [7, 11) is 0. The third kappa shape index (κ3) is 1.18. The third-order valence-corrected chi connectivity index (χ3v) is 3.07. The molecule has 1 saturated carbocycles. The molecule has 0 saturated heterocycles. The van der Waals surface area contributed by atoms with E-state index < -0.39 is 0 Å². The summed E-state index contributed by atoms with van der Waals surface area (Å²) in [5.74, 6) is 1.87. The summed E-state index contributed by atoms with van der Waals surface area (Å²) < 4.78 is 2.25. The molecule has 2 aliphatic rings. The lowest BCUT2D eigenvalue weighted by atomic mass is 10.1. The highest BCUT2D eigenvalue weighted by molar-refractivity contribution is 5.17. The fourth-order valence-corrected chi connectivity index (χ4v) is 2.11. The highest BCUT2D eigenvalue weighted by Crippen LogP contribution is 2.40. The van der Waals surface area contributed by atoms with Crippen LogP contribution in [0.25, 0.3) is 0 Å². The highest BCUT2D eigenvalue weighted by Gasteiger charge is 2.29. The Morgan fingerprint density at radius 3 is 2.92 bits per heavy atom. The van der Waals surface area contributed by atoms with E-state index in [1.54, 1.807) is 0 Å². The molecule has 0 amide bonds. The van der Waals surface area contributed by atoms with Crippen molar-refractivity contribution < 1.29 is 0 Å². The topological polar surface area (TPSA) is 43.8 Å². The first-order chi connectivity index (χ1) is 6.34. The minimum Gasteiger partial charge on any atom is -0.333 e. The van der Waals surface area contributed by atoms with Crippen molar-refractivity contribution in [3.63, 3.8) is 0 Å². The molecule has 1 aliphatic carbocycles. The molecule has 0 aromatic carbocycles. The van der Waals surface area contributed by atoms with Crippen LogP contribution in [0.3, 0.4) is 0 Å². The molecule has 2 heterocycles. The number of imidazole rings is 1. The van der Waals surface area contributed by atoms with Gasteiger partial charge >= 0.3 is 0 Å². The summed E-state index contributed by atoms with van der Waals surface area (Å²) in [6, 6.07) is 0.182. The molecule has 1 aliphatic heterocycles. The van der Waals surface area contributed by atoms with Crippen LogP contribution >= 0.6 is 0 Å². The predicted molar refractivity (Wildman–Crippen MR) is 50.4 cm³/mol. The number of fused-ring (bicyclic) bond motifs is 1. The van der Waals surface area contributed by atoms with Crippen molar-refractivity contribution in [1.82, 2.24) is 9.55 Å². The molecular weight excluding hydrogens is 162 g/mol. The second kappa shape index (κ2) is 2.58. The molecule has 3 heteroatoms. The van der Waals surface area contributed by atoms with Gasteiger partial charge < -0.3 is 10.3 Å². The molecular formula is C10H15N3. The Bertz CT molecular complexity index is 325. The van der Waals surface area contributed by atoms with E-state index in [0.29, 0.717) is 0 Å². The number of nitrogens with two attached hydrogens (primary N) is 1. The van der Waals surface area contributed by atoms with Crippen LogP contribution in [0.5, 0.6) is 0 Å². The lowest BCUT2D eigenvalue weighted by Gasteiger charge is -2.19. The quantitative estimate of drug-likeness (QED) is 0.707. The average Bonchev–Trinajstić information content (AvgIpc) is 2.87. The van der Waals surface area contributed by atoms with Crippen molar-refractivity contribution in [3.8, 4) is 0 Å². The van der Waals surface area contributed by atoms with Crippen LogP contribution in [0.4, 0.5) is 0 Å². The van der Waals surface area contributed by atoms with Gasteiger partial charge in [0.05, 0.1) is 11.7 Å². The fraction of sp³-hybridized carbons (Fsp3) is 0.700. The Morgan fingerprint density at radius 2 is 2.23 bits per heavy atom. The van der Waals surface area contributed by atoms with Crippen molar-refractivity contribution in [2.75, 3.05) is 0 Å². The monoisotopic (exact) mass is 177 g/mol. The fourth-order valence-electron chi connectivity index (χ4n) is 2.11. The maximum atomic E-state index is 6.00. The van der Waals surface area contributed by atoms with Gasteiger partial charge in [0.15, 0.2) is 0 Å². The summed E-state index contributed by atoms with van der Waals surface area (Å²) in [6.07, 6.45) is 7.17. The normalized spacial score (nSPS) is 27.3. The first-order valence-corrected chi connectivity index (χ1v) is 5.17. The standard InChI is InChI=1S/C10H15N3/c11-8-2-1-5-13-6-9(7-3-4-7)12-10(8)13/h6-8H,1-5,11H2/t8-/m1/s1. The van der Waals surface area contributed by atoms with E-state index in [2.05, 4.69) is 15.7 Å². The second-order valence-corrected chi connectivity index (χ2v) is 4.24. The molecule has 3 rings (SSSR count). The second-order valence-electron chi connectivity index (χ2n) is 4.24. The number of hydrogen-bond acceptors (Lipinski definition) is 2. The van der Waals surface area contributed by atoms with Crippen LogP contribution in [0.1, 0.15) is 49.2 Å². The Morgan fingerprint density at radius 1 is 1.38 bits per heavy atom. The smallest absolute Gasteiger partial charge is 0.125 e. The minimum atomic E-state index is 0.182. The number of rotatable bonds is 1. The van der Waals surface area contributed by atoms with Gasteiger partial charge in [-0.3, -0.25) is 0 Å². The van der Waals surface area contributed by atoms with E-state index in [4.69, 9.17) is 5.73 Å². The lowest BCUT2D eigenvalue weighted by Crippen LogP contribution is -2.21. The van der Waals surface area contributed by atoms with Gasteiger partial charge in [0.1, 0.15) is 5.82 Å². The Balaban J connectivity index is 1.99. The van der Waals surface area contributed by atoms with E-state index in [-0.39, 0.29) is 6.04 Å². The average molecular weight is 177 g/mol. The predicted octanol–water partition coefficient (Wildman–Crippen LogP) is 1.55. The van der Waals surface area contributed by atoms with Gasteiger partial charge in [0.2, 0.25) is 0 Å². The molecule has 1 fully saturated rings. The third-order valence-electron chi connectivity index (χ3n) is 3.07. The summed E-state index contributed by atoms with van der Waals surface area (Å²) in [5, 5.41) is 0. The van der Waals surface area contributed by atoms with Crippen LogP contribution in [0, 0.1) is 0 Å². The van der Waals surface area contributed by atoms with Crippen molar-refractivity contribution in [1.29, 1.82) is 0 Å². The molecule has 70 valence electrons. The molecule has 0 spiro atoms. The summed E-state index contributed by atoms with van der Waals surface area (Å²) >= 11 is 0. The Hall–Kier alpha value is -0.830. The van der Waals surface area contributed by atoms with Gasteiger partial charge in [0.25, 0.3) is 0 Å². The molecule has 2 N–H and O–H groups in total. The SMILES string of the molecule is N[C@@H]1CCCn2cc(C3CC3)nc21. The zero-order chi connectivity index (χ0) is 8.84. The number of nitrogens with zero attached hydrogens (tertiary/aromatic N) is 2. The van der Waals surface area contributed by atoms with Crippen molar-refractivity contribution in [2.45, 2.75) is 44.2 Å². The summed E-state index contributed by atoms with van der Waals surface area (Å²) in [4.78, 5) is 4.63. The van der Waals surface area contributed by atoms with E-state index in [1.807, 2.05) is 0 Å². The molecule has 1 atom stereocenters. The molecule has 3 nitrogen and oxygen atoms in total. The van der Waals surface area contributed by atoms with Gasteiger partial charge in [-0.1, -0.05) is 0 Å². The molecule has 0 unspecified atom stereocenters.